The van der Waals surface area contributed by atoms with E-state index in [2.05, 4.69) is 5.32 Å². The van der Waals surface area contributed by atoms with E-state index in [4.69, 9.17) is 9.47 Å². The topological polar surface area (TPSA) is 47.6 Å². The van der Waals surface area contributed by atoms with Crippen molar-refractivity contribution >= 4 is 5.91 Å². The van der Waals surface area contributed by atoms with Gasteiger partial charge in [-0.1, -0.05) is 24.3 Å². The molecule has 0 heterocycles. The fourth-order valence-electron chi connectivity index (χ4n) is 2.46. The molecule has 0 unspecified atom stereocenters. The predicted octanol–water partition coefficient (Wildman–Crippen LogP) is 4.62. The van der Waals surface area contributed by atoms with E-state index in [1.807, 2.05) is 49.4 Å². The fourth-order valence-corrected chi connectivity index (χ4v) is 2.46. The molecule has 0 aromatic heterocycles. The molecule has 0 fully saturated rings. The largest absolute Gasteiger partial charge is 0.484 e. The number of hydrogen-bond donors (Lipinski definition) is 1. The molecule has 0 radical (unpaired) electrons. The van der Waals surface area contributed by atoms with Gasteiger partial charge >= 0.3 is 0 Å². The quantitative estimate of drug-likeness (QED) is 0.664. The molecule has 3 rings (SSSR count). The molecule has 138 valence electrons. The summed E-state index contributed by atoms with van der Waals surface area (Å²) < 4.78 is 24.1. The third kappa shape index (κ3) is 5.85. The van der Waals surface area contributed by atoms with E-state index >= 15 is 0 Å². The molecule has 3 aromatic carbocycles. The van der Waals surface area contributed by atoms with Gasteiger partial charge in [-0.15, -0.1) is 0 Å². The maximum atomic E-state index is 13.0. The molecule has 0 atom stereocenters. The van der Waals surface area contributed by atoms with Crippen LogP contribution in [0.5, 0.6) is 17.2 Å². The van der Waals surface area contributed by atoms with Gasteiger partial charge in [-0.2, -0.15) is 0 Å². The van der Waals surface area contributed by atoms with E-state index < -0.39 is 0 Å². The molecule has 0 saturated carbocycles. The minimum absolute atomic E-state index is 0.0464. The van der Waals surface area contributed by atoms with Crippen molar-refractivity contribution in [1.82, 2.24) is 5.32 Å². The summed E-state index contributed by atoms with van der Waals surface area (Å²) in [5.74, 6) is 1.31. The molecule has 0 saturated heterocycles. The van der Waals surface area contributed by atoms with Gasteiger partial charge in [0, 0.05) is 6.54 Å². The Kier molecular flexibility index (Phi) is 6.05. The summed E-state index contributed by atoms with van der Waals surface area (Å²) in [4.78, 5) is 12.0. The average Bonchev–Trinajstić information content (AvgIpc) is 2.67. The molecule has 0 bridgehead atoms. The Labute approximate surface area is 157 Å². The van der Waals surface area contributed by atoms with Crippen LogP contribution >= 0.6 is 0 Å². The lowest BCUT2D eigenvalue weighted by Crippen LogP contribution is -2.28. The smallest absolute Gasteiger partial charge is 0.258 e. The van der Waals surface area contributed by atoms with Gasteiger partial charge in [0.1, 0.15) is 23.1 Å². The second-order valence-electron chi connectivity index (χ2n) is 6.09. The summed E-state index contributed by atoms with van der Waals surface area (Å²) in [6.07, 6.45) is 0. The minimum atomic E-state index is -0.313. The normalized spacial score (nSPS) is 10.3. The van der Waals surface area contributed by atoms with Gasteiger partial charge in [0.05, 0.1) is 0 Å². The summed E-state index contributed by atoms with van der Waals surface area (Å²) in [6, 6.07) is 20.7. The van der Waals surface area contributed by atoms with Crippen molar-refractivity contribution in [2.75, 3.05) is 6.61 Å². The highest BCUT2D eigenvalue weighted by atomic mass is 19.1. The van der Waals surface area contributed by atoms with Crippen LogP contribution in [0.25, 0.3) is 0 Å². The first-order valence-corrected chi connectivity index (χ1v) is 8.57. The van der Waals surface area contributed by atoms with Crippen molar-refractivity contribution in [3.8, 4) is 17.2 Å². The molecule has 27 heavy (non-hydrogen) atoms. The van der Waals surface area contributed by atoms with Crippen LogP contribution in [0, 0.1) is 12.7 Å². The van der Waals surface area contributed by atoms with E-state index in [1.54, 1.807) is 18.2 Å². The number of amides is 1. The zero-order valence-corrected chi connectivity index (χ0v) is 14.9. The molecule has 5 heteroatoms. The Morgan fingerprint density at radius 2 is 1.67 bits per heavy atom. The van der Waals surface area contributed by atoms with Gasteiger partial charge in [-0.25, -0.2) is 4.39 Å². The number of rotatable bonds is 7. The van der Waals surface area contributed by atoms with E-state index in [0.717, 1.165) is 11.1 Å². The molecule has 1 N–H and O–H groups in total. The number of benzene rings is 3. The lowest BCUT2D eigenvalue weighted by molar-refractivity contribution is -0.123. The SMILES string of the molecule is Cc1cccc(OCC(=O)NCc2cccc(Oc3ccc(F)cc3)c2)c1. The van der Waals surface area contributed by atoms with Gasteiger partial charge in [0.25, 0.3) is 5.91 Å². The Bertz CT molecular complexity index is 909. The maximum Gasteiger partial charge on any atom is 0.258 e. The second kappa shape index (κ2) is 8.85. The molecule has 0 aliphatic rings. The van der Waals surface area contributed by atoms with Crippen LogP contribution in [0.4, 0.5) is 4.39 Å². The third-order valence-electron chi connectivity index (χ3n) is 3.80. The monoisotopic (exact) mass is 365 g/mol. The first kappa shape index (κ1) is 18.5. The van der Waals surface area contributed by atoms with Crippen LogP contribution in [0.2, 0.25) is 0 Å². The molecule has 0 aliphatic carbocycles. The Morgan fingerprint density at radius 1 is 0.926 bits per heavy atom. The lowest BCUT2D eigenvalue weighted by atomic mass is 10.2. The summed E-state index contributed by atoms with van der Waals surface area (Å²) in [5.41, 5.74) is 1.96. The number of carbonyl (C=O) groups is 1. The van der Waals surface area contributed by atoms with E-state index in [1.165, 1.54) is 12.1 Å². The van der Waals surface area contributed by atoms with Crippen LogP contribution in [-0.4, -0.2) is 12.5 Å². The van der Waals surface area contributed by atoms with Crippen LogP contribution in [-0.2, 0) is 11.3 Å². The molecular formula is C22H20FNO3. The van der Waals surface area contributed by atoms with E-state index in [9.17, 15) is 9.18 Å². The Morgan fingerprint density at radius 3 is 2.44 bits per heavy atom. The maximum absolute atomic E-state index is 13.0. The van der Waals surface area contributed by atoms with Gasteiger partial charge in [-0.05, 0) is 66.6 Å². The van der Waals surface area contributed by atoms with Crippen molar-refractivity contribution in [3.63, 3.8) is 0 Å². The summed E-state index contributed by atoms with van der Waals surface area (Å²) in [7, 11) is 0. The van der Waals surface area contributed by atoms with Gasteiger partial charge in [0.2, 0.25) is 0 Å². The van der Waals surface area contributed by atoms with Crippen LogP contribution in [0.3, 0.4) is 0 Å². The second-order valence-corrected chi connectivity index (χ2v) is 6.09. The number of nitrogens with one attached hydrogen (secondary N) is 1. The van der Waals surface area contributed by atoms with E-state index in [0.29, 0.717) is 23.8 Å². The van der Waals surface area contributed by atoms with Crippen molar-refractivity contribution < 1.29 is 18.7 Å². The van der Waals surface area contributed by atoms with E-state index in [-0.39, 0.29) is 18.3 Å². The third-order valence-corrected chi connectivity index (χ3v) is 3.80. The highest BCUT2D eigenvalue weighted by Gasteiger charge is 2.05. The zero-order valence-electron chi connectivity index (χ0n) is 14.9. The standard InChI is InChI=1S/C22H20FNO3/c1-16-4-2-6-20(12-16)26-15-22(25)24-14-17-5-3-7-21(13-17)27-19-10-8-18(23)9-11-19/h2-13H,14-15H2,1H3,(H,24,25). The number of halogens is 1. The molecule has 3 aromatic rings. The number of aryl methyl sites for hydroxylation is 1. The fraction of sp³-hybridized carbons (Fsp3) is 0.136. The number of carbonyl (C=O) groups excluding carboxylic acids is 1. The van der Waals surface area contributed by atoms with Gasteiger partial charge < -0.3 is 14.8 Å². The molecule has 4 nitrogen and oxygen atoms in total. The number of hydrogen-bond acceptors (Lipinski definition) is 3. The lowest BCUT2D eigenvalue weighted by Gasteiger charge is -2.10. The van der Waals surface area contributed by atoms with Gasteiger partial charge in [0.15, 0.2) is 6.61 Å². The van der Waals surface area contributed by atoms with Crippen molar-refractivity contribution in [3.05, 3.63) is 89.7 Å². The van der Waals surface area contributed by atoms with Crippen LogP contribution in [0.15, 0.2) is 72.8 Å². The highest BCUT2D eigenvalue weighted by Crippen LogP contribution is 2.22. The molecule has 0 aliphatic heterocycles. The van der Waals surface area contributed by atoms with Crippen LogP contribution < -0.4 is 14.8 Å². The Balaban J connectivity index is 1.50. The van der Waals surface area contributed by atoms with Gasteiger partial charge in [-0.3, -0.25) is 4.79 Å². The highest BCUT2D eigenvalue weighted by molar-refractivity contribution is 5.77. The first-order valence-electron chi connectivity index (χ1n) is 8.57. The predicted molar refractivity (Wildman–Crippen MR) is 101 cm³/mol. The summed E-state index contributed by atoms with van der Waals surface area (Å²) in [6.45, 7) is 2.28. The zero-order chi connectivity index (χ0) is 19.1. The van der Waals surface area contributed by atoms with Crippen molar-refractivity contribution in [2.24, 2.45) is 0 Å². The van der Waals surface area contributed by atoms with Crippen molar-refractivity contribution in [2.45, 2.75) is 13.5 Å². The molecular weight excluding hydrogens is 345 g/mol. The average molecular weight is 365 g/mol. The summed E-state index contributed by atoms with van der Waals surface area (Å²) in [5, 5.41) is 2.81. The first-order chi connectivity index (χ1) is 13.1. The van der Waals surface area contributed by atoms with Crippen LogP contribution in [0.1, 0.15) is 11.1 Å². The molecule has 1 amide bonds. The number of ether oxygens (including phenoxy) is 2. The van der Waals surface area contributed by atoms with Crippen molar-refractivity contribution in [1.29, 1.82) is 0 Å². The minimum Gasteiger partial charge on any atom is -0.484 e. The summed E-state index contributed by atoms with van der Waals surface area (Å²) >= 11 is 0. The molecule has 0 spiro atoms. The Hall–Kier alpha value is -3.34.